The summed E-state index contributed by atoms with van der Waals surface area (Å²) in [5, 5.41) is 0. The molecule has 0 atom stereocenters. The maximum atomic E-state index is 14.6. The third kappa shape index (κ3) is 2.29. The highest BCUT2D eigenvalue weighted by Crippen LogP contribution is 2.45. The first kappa shape index (κ1) is 15.6. The molecule has 0 radical (unpaired) electrons. The van der Waals surface area contributed by atoms with Gasteiger partial charge in [-0.2, -0.15) is 0 Å². The fraction of sp³-hybridized carbons (Fsp3) is 0.0952. The van der Waals surface area contributed by atoms with Crippen LogP contribution >= 0.6 is 0 Å². The van der Waals surface area contributed by atoms with Gasteiger partial charge in [0.15, 0.2) is 23.2 Å². The summed E-state index contributed by atoms with van der Waals surface area (Å²) in [6.07, 6.45) is 0.337. The molecule has 124 valence electrons. The van der Waals surface area contributed by atoms with Crippen LogP contribution in [0.15, 0.2) is 48.5 Å². The molecule has 0 unspecified atom stereocenters. The zero-order valence-electron chi connectivity index (χ0n) is 13.4. The van der Waals surface area contributed by atoms with Gasteiger partial charge in [-0.25, -0.2) is 13.2 Å². The molecule has 0 N–H and O–H groups in total. The van der Waals surface area contributed by atoms with Crippen LogP contribution in [0.5, 0.6) is 0 Å². The van der Waals surface area contributed by atoms with Gasteiger partial charge in [0.2, 0.25) is 0 Å². The average molecular weight is 338 g/mol. The standard InChI is InChI=1S/C21H13F3O/c1-11(25)12-6-8-13(9-7-12)17-16-10-14-4-2-3-5-15(14)18(16)20(23)21(24)19(17)22/h2-9H,10H2,1H3. The van der Waals surface area contributed by atoms with Crippen LogP contribution in [0, 0.1) is 17.5 Å². The smallest absolute Gasteiger partial charge is 0.195 e. The Labute approximate surface area is 142 Å². The molecule has 0 spiro atoms. The Bertz CT molecular complexity index is 1020. The lowest BCUT2D eigenvalue weighted by Gasteiger charge is -2.13. The van der Waals surface area contributed by atoms with Gasteiger partial charge in [-0.05, 0) is 35.6 Å². The van der Waals surface area contributed by atoms with E-state index in [0.717, 1.165) is 5.56 Å². The zero-order chi connectivity index (χ0) is 17.7. The van der Waals surface area contributed by atoms with Gasteiger partial charge in [-0.3, -0.25) is 4.79 Å². The number of ketones is 1. The third-order valence-corrected chi connectivity index (χ3v) is 4.66. The number of carbonyl (C=O) groups excluding carboxylic acids is 1. The number of Topliss-reactive ketones (excluding diaryl/α,β-unsaturated/α-hetero) is 1. The molecule has 1 nitrogen and oxygen atoms in total. The molecule has 3 aromatic rings. The summed E-state index contributed by atoms with van der Waals surface area (Å²) in [5.41, 5.74) is 2.95. The quantitative estimate of drug-likeness (QED) is 0.346. The van der Waals surface area contributed by atoms with Crippen LogP contribution in [-0.2, 0) is 6.42 Å². The van der Waals surface area contributed by atoms with Crippen LogP contribution in [0.4, 0.5) is 13.2 Å². The molecule has 0 saturated carbocycles. The normalized spacial score (nSPS) is 12.0. The molecule has 3 aromatic carbocycles. The van der Waals surface area contributed by atoms with Crippen molar-refractivity contribution >= 4 is 5.78 Å². The molecule has 0 heterocycles. The van der Waals surface area contributed by atoms with Crippen LogP contribution in [0.2, 0.25) is 0 Å². The predicted molar refractivity (Wildman–Crippen MR) is 90.0 cm³/mol. The summed E-state index contributed by atoms with van der Waals surface area (Å²) >= 11 is 0. The molecule has 0 bridgehead atoms. The zero-order valence-corrected chi connectivity index (χ0v) is 13.4. The van der Waals surface area contributed by atoms with Gasteiger partial charge in [0.1, 0.15) is 0 Å². The second kappa shape index (κ2) is 5.59. The van der Waals surface area contributed by atoms with Crippen LogP contribution in [-0.4, -0.2) is 5.78 Å². The van der Waals surface area contributed by atoms with Crippen LogP contribution < -0.4 is 0 Å². The molecule has 0 saturated heterocycles. The highest BCUT2D eigenvalue weighted by atomic mass is 19.2. The van der Waals surface area contributed by atoms with E-state index in [1.807, 2.05) is 12.1 Å². The van der Waals surface area contributed by atoms with Crippen LogP contribution in [0.3, 0.4) is 0 Å². The SMILES string of the molecule is CC(=O)c1ccc(-c2c(F)c(F)c(F)c3c2Cc2ccccc2-3)cc1. The van der Waals surface area contributed by atoms with Gasteiger partial charge in [0, 0.05) is 16.7 Å². The van der Waals surface area contributed by atoms with Crippen molar-refractivity contribution < 1.29 is 18.0 Å². The van der Waals surface area contributed by atoms with Gasteiger partial charge in [0.25, 0.3) is 0 Å². The molecule has 4 heteroatoms. The second-order valence-corrected chi connectivity index (χ2v) is 6.14. The molecule has 25 heavy (non-hydrogen) atoms. The highest BCUT2D eigenvalue weighted by Gasteiger charge is 2.31. The summed E-state index contributed by atoms with van der Waals surface area (Å²) < 4.78 is 43.3. The Morgan fingerprint density at radius 2 is 1.48 bits per heavy atom. The molecule has 4 rings (SSSR count). The molecular weight excluding hydrogens is 325 g/mol. The number of halogens is 3. The topological polar surface area (TPSA) is 17.1 Å². The van der Waals surface area contributed by atoms with Crippen LogP contribution in [0.1, 0.15) is 28.4 Å². The monoisotopic (exact) mass is 338 g/mol. The number of hydrogen-bond donors (Lipinski definition) is 0. The first-order chi connectivity index (χ1) is 12.0. The molecular formula is C21H13F3O. The van der Waals surface area contributed by atoms with Crippen molar-refractivity contribution in [3.63, 3.8) is 0 Å². The summed E-state index contributed by atoms with van der Waals surface area (Å²) in [7, 11) is 0. The van der Waals surface area contributed by atoms with E-state index in [9.17, 15) is 18.0 Å². The Balaban J connectivity index is 1.99. The number of fused-ring (bicyclic) bond motifs is 3. The lowest BCUT2D eigenvalue weighted by atomic mass is 9.93. The van der Waals surface area contributed by atoms with Crippen molar-refractivity contribution in [1.82, 2.24) is 0 Å². The van der Waals surface area contributed by atoms with E-state index < -0.39 is 17.5 Å². The lowest BCUT2D eigenvalue weighted by Crippen LogP contribution is -2.02. The molecule has 0 fully saturated rings. The fourth-order valence-electron chi connectivity index (χ4n) is 3.44. The molecule has 1 aliphatic carbocycles. The summed E-state index contributed by atoms with van der Waals surface area (Å²) in [5.74, 6) is -3.93. The van der Waals surface area contributed by atoms with Crippen LogP contribution in [0.25, 0.3) is 22.3 Å². The van der Waals surface area contributed by atoms with E-state index in [0.29, 0.717) is 28.7 Å². The molecule has 0 aliphatic heterocycles. The largest absolute Gasteiger partial charge is 0.295 e. The minimum absolute atomic E-state index is 0.0557. The van der Waals surface area contributed by atoms with Gasteiger partial charge < -0.3 is 0 Å². The lowest BCUT2D eigenvalue weighted by molar-refractivity contribution is 0.101. The number of rotatable bonds is 2. The molecule has 1 aliphatic rings. The van der Waals surface area contributed by atoms with E-state index in [1.165, 1.54) is 6.92 Å². The second-order valence-electron chi connectivity index (χ2n) is 6.14. The molecule has 0 amide bonds. The Morgan fingerprint density at radius 3 is 2.16 bits per heavy atom. The van der Waals surface area contributed by atoms with E-state index in [1.54, 1.807) is 36.4 Å². The summed E-state index contributed by atoms with van der Waals surface area (Å²) in [6, 6.07) is 13.4. The van der Waals surface area contributed by atoms with Crippen molar-refractivity contribution in [2.24, 2.45) is 0 Å². The minimum Gasteiger partial charge on any atom is -0.295 e. The Hall–Kier alpha value is -2.88. The van der Waals surface area contributed by atoms with E-state index in [4.69, 9.17) is 0 Å². The first-order valence-corrected chi connectivity index (χ1v) is 7.88. The first-order valence-electron chi connectivity index (χ1n) is 7.88. The number of hydrogen-bond acceptors (Lipinski definition) is 1. The fourth-order valence-corrected chi connectivity index (χ4v) is 3.44. The van der Waals surface area contributed by atoms with E-state index in [-0.39, 0.29) is 16.9 Å². The third-order valence-electron chi connectivity index (χ3n) is 4.66. The minimum atomic E-state index is -1.47. The van der Waals surface area contributed by atoms with Crippen molar-refractivity contribution in [2.75, 3.05) is 0 Å². The van der Waals surface area contributed by atoms with Gasteiger partial charge in [0.05, 0.1) is 0 Å². The van der Waals surface area contributed by atoms with Crippen molar-refractivity contribution in [1.29, 1.82) is 0 Å². The Kier molecular flexibility index (Phi) is 3.49. The van der Waals surface area contributed by atoms with Gasteiger partial charge in [-0.1, -0.05) is 48.5 Å². The van der Waals surface area contributed by atoms with Gasteiger partial charge in [-0.15, -0.1) is 0 Å². The van der Waals surface area contributed by atoms with E-state index >= 15 is 0 Å². The predicted octanol–water partition coefficient (Wildman–Crippen LogP) is 5.54. The Morgan fingerprint density at radius 1 is 0.840 bits per heavy atom. The maximum absolute atomic E-state index is 14.6. The molecule has 0 aromatic heterocycles. The van der Waals surface area contributed by atoms with Crippen molar-refractivity contribution in [3.8, 4) is 22.3 Å². The maximum Gasteiger partial charge on any atom is 0.195 e. The summed E-state index contributed by atoms with van der Waals surface area (Å²) in [4.78, 5) is 11.4. The van der Waals surface area contributed by atoms with Crippen molar-refractivity contribution in [2.45, 2.75) is 13.3 Å². The van der Waals surface area contributed by atoms with E-state index in [2.05, 4.69) is 0 Å². The average Bonchev–Trinajstić information content (AvgIpc) is 2.99. The number of benzene rings is 3. The van der Waals surface area contributed by atoms with Crippen molar-refractivity contribution in [3.05, 3.63) is 82.7 Å². The number of carbonyl (C=O) groups is 1. The summed E-state index contributed by atoms with van der Waals surface area (Å²) in [6.45, 7) is 1.43. The van der Waals surface area contributed by atoms with Gasteiger partial charge >= 0.3 is 0 Å². The highest BCUT2D eigenvalue weighted by molar-refractivity contribution is 5.95.